The minimum atomic E-state index is -0.495. The molecule has 7 nitrogen and oxygen atoms in total. The first-order chi connectivity index (χ1) is 12.0. The lowest BCUT2D eigenvalue weighted by atomic mass is 10.1. The topological polar surface area (TPSA) is 92.4 Å². The highest BCUT2D eigenvalue weighted by Crippen LogP contribution is 2.38. The summed E-state index contributed by atoms with van der Waals surface area (Å²) in [6.07, 6.45) is 4.44. The maximum atomic E-state index is 11.8. The van der Waals surface area contributed by atoms with E-state index in [2.05, 4.69) is 31.8 Å². The molecule has 2 aromatic rings. The largest absolute Gasteiger partial charge is 0.486 e. The van der Waals surface area contributed by atoms with Gasteiger partial charge < -0.3 is 14.5 Å². The molecule has 1 aliphatic heterocycles. The molecule has 0 saturated carbocycles. The molecule has 3 N–H and O–H groups in total. The zero-order chi connectivity index (χ0) is 17.8. The van der Waals surface area contributed by atoms with Gasteiger partial charge in [-0.2, -0.15) is 0 Å². The smallest absolute Gasteiger partial charge is 0.286 e. The van der Waals surface area contributed by atoms with Crippen LogP contribution in [0.4, 0.5) is 0 Å². The van der Waals surface area contributed by atoms with Crippen molar-refractivity contribution < 1.29 is 19.1 Å². The van der Waals surface area contributed by atoms with Crippen molar-refractivity contribution in [1.82, 2.24) is 15.8 Å². The second-order valence-electron chi connectivity index (χ2n) is 5.04. The van der Waals surface area contributed by atoms with Crippen LogP contribution in [0, 0.1) is 0 Å². The lowest BCUT2D eigenvalue weighted by molar-refractivity contribution is -0.117. The van der Waals surface area contributed by atoms with Gasteiger partial charge in [0.25, 0.3) is 11.8 Å². The maximum Gasteiger partial charge on any atom is 0.286 e. The van der Waals surface area contributed by atoms with Crippen LogP contribution in [0.25, 0.3) is 6.08 Å². The number of hydrazine groups is 1. The average Bonchev–Trinajstić information content (AvgIpc) is 3.04. The van der Waals surface area contributed by atoms with Crippen molar-refractivity contribution in [3.8, 4) is 11.5 Å². The third kappa shape index (κ3) is 4.34. The molecular formula is C16H13BrClN3O4. The van der Waals surface area contributed by atoms with Gasteiger partial charge in [0.2, 0.25) is 0 Å². The average molecular weight is 427 g/mol. The summed E-state index contributed by atoms with van der Waals surface area (Å²) in [6.45, 7) is 0.888. The van der Waals surface area contributed by atoms with Crippen LogP contribution in [0.2, 0.25) is 5.02 Å². The molecule has 3 rings (SSSR count). The highest BCUT2D eigenvalue weighted by Gasteiger charge is 2.16. The van der Waals surface area contributed by atoms with Crippen molar-refractivity contribution in [2.45, 2.75) is 0 Å². The van der Waals surface area contributed by atoms with E-state index < -0.39 is 11.8 Å². The van der Waals surface area contributed by atoms with Gasteiger partial charge in [-0.15, -0.1) is 0 Å². The van der Waals surface area contributed by atoms with Crippen LogP contribution in [0.5, 0.6) is 11.5 Å². The van der Waals surface area contributed by atoms with Crippen molar-refractivity contribution >= 4 is 45.4 Å². The van der Waals surface area contributed by atoms with Gasteiger partial charge in [0.05, 0.1) is 5.02 Å². The second kappa shape index (κ2) is 7.62. The van der Waals surface area contributed by atoms with Gasteiger partial charge in [0, 0.05) is 16.7 Å². The van der Waals surface area contributed by atoms with Crippen LogP contribution in [0.3, 0.4) is 0 Å². The Morgan fingerprint density at radius 1 is 1.20 bits per heavy atom. The molecule has 0 atom stereocenters. The Morgan fingerprint density at radius 2 is 2.00 bits per heavy atom. The van der Waals surface area contributed by atoms with Crippen LogP contribution >= 0.6 is 27.5 Å². The SMILES string of the molecule is O=C(/C=C/c1cc(Cl)c2c(c1)OCCO2)NNC(=O)c1cc(Br)c[nH]1. The minimum absolute atomic E-state index is 0.315. The lowest BCUT2D eigenvalue weighted by Gasteiger charge is -2.19. The highest BCUT2D eigenvalue weighted by atomic mass is 79.9. The van der Waals surface area contributed by atoms with Gasteiger partial charge in [-0.3, -0.25) is 20.4 Å². The van der Waals surface area contributed by atoms with E-state index >= 15 is 0 Å². The number of fused-ring (bicyclic) bond motifs is 1. The lowest BCUT2D eigenvalue weighted by Crippen LogP contribution is -2.40. The fourth-order valence-corrected chi connectivity index (χ4v) is 2.74. The van der Waals surface area contributed by atoms with E-state index in [9.17, 15) is 9.59 Å². The van der Waals surface area contributed by atoms with Gasteiger partial charge in [-0.1, -0.05) is 11.6 Å². The van der Waals surface area contributed by atoms with E-state index in [0.29, 0.717) is 41.0 Å². The fourth-order valence-electron chi connectivity index (χ4n) is 2.13. The van der Waals surface area contributed by atoms with Gasteiger partial charge in [-0.25, -0.2) is 0 Å². The van der Waals surface area contributed by atoms with Crippen LogP contribution < -0.4 is 20.3 Å². The van der Waals surface area contributed by atoms with Gasteiger partial charge >= 0.3 is 0 Å². The third-order valence-corrected chi connectivity index (χ3v) is 3.98. The summed E-state index contributed by atoms with van der Waals surface area (Å²) in [4.78, 5) is 26.4. The number of amides is 2. The van der Waals surface area contributed by atoms with E-state index in [1.54, 1.807) is 30.5 Å². The van der Waals surface area contributed by atoms with Crippen LogP contribution in [-0.4, -0.2) is 30.0 Å². The molecule has 0 unspecified atom stereocenters. The number of carbonyl (C=O) groups excluding carboxylic acids is 2. The van der Waals surface area contributed by atoms with E-state index in [4.69, 9.17) is 21.1 Å². The number of ether oxygens (including phenoxy) is 2. The standard InChI is InChI=1S/C16H13BrClN3O4/c17-10-7-12(19-8-10)16(23)21-20-14(22)2-1-9-5-11(18)15-13(6-9)24-3-4-25-15/h1-2,5-8,19H,3-4H2,(H,20,22)(H,21,23)/b2-1+. The van der Waals surface area contributed by atoms with Crippen molar-refractivity contribution in [1.29, 1.82) is 0 Å². The number of halogens is 2. The van der Waals surface area contributed by atoms with E-state index in [0.717, 1.165) is 4.47 Å². The Balaban J connectivity index is 1.59. The first-order valence-electron chi connectivity index (χ1n) is 7.24. The van der Waals surface area contributed by atoms with E-state index in [-0.39, 0.29) is 0 Å². The molecule has 2 amide bonds. The molecule has 25 heavy (non-hydrogen) atoms. The summed E-state index contributed by atoms with van der Waals surface area (Å²) in [5.41, 5.74) is 5.57. The minimum Gasteiger partial charge on any atom is -0.486 e. The Morgan fingerprint density at radius 3 is 2.76 bits per heavy atom. The predicted molar refractivity (Wildman–Crippen MR) is 95.6 cm³/mol. The van der Waals surface area contributed by atoms with E-state index in [1.807, 2.05) is 0 Å². The number of aromatic amines is 1. The Labute approximate surface area is 156 Å². The number of nitrogens with one attached hydrogen (secondary N) is 3. The number of hydrogen-bond donors (Lipinski definition) is 3. The molecule has 0 radical (unpaired) electrons. The van der Waals surface area contributed by atoms with Gasteiger partial charge in [-0.05, 0) is 45.8 Å². The van der Waals surface area contributed by atoms with Crippen molar-refractivity contribution in [3.05, 3.63) is 51.2 Å². The molecule has 0 bridgehead atoms. The Hall–Kier alpha value is -2.45. The van der Waals surface area contributed by atoms with E-state index in [1.165, 1.54) is 6.08 Å². The second-order valence-corrected chi connectivity index (χ2v) is 6.36. The van der Waals surface area contributed by atoms with Crippen molar-refractivity contribution in [2.75, 3.05) is 13.2 Å². The summed E-state index contributed by atoms with van der Waals surface area (Å²) in [7, 11) is 0. The molecule has 0 spiro atoms. The number of rotatable bonds is 3. The number of hydrogen-bond acceptors (Lipinski definition) is 4. The summed E-state index contributed by atoms with van der Waals surface area (Å²) in [5.74, 6) is 0.0723. The normalized spacial score (nSPS) is 12.9. The number of aromatic nitrogens is 1. The number of carbonyl (C=O) groups is 2. The van der Waals surface area contributed by atoms with Crippen LogP contribution in [0.1, 0.15) is 16.1 Å². The first kappa shape index (κ1) is 17.4. The molecule has 130 valence electrons. The summed E-state index contributed by atoms with van der Waals surface area (Å²) < 4.78 is 11.6. The number of benzene rings is 1. The van der Waals surface area contributed by atoms with Crippen LogP contribution in [0.15, 0.2) is 34.9 Å². The molecule has 1 aromatic heterocycles. The monoisotopic (exact) mass is 425 g/mol. The fraction of sp³-hybridized carbons (Fsp3) is 0.125. The van der Waals surface area contributed by atoms with Gasteiger partial charge in [0.1, 0.15) is 18.9 Å². The molecule has 0 saturated heterocycles. The Kier molecular flexibility index (Phi) is 5.30. The summed E-state index contributed by atoms with van der Waals surface area (Å²) in [6, 6.07) is 4.97. The first-order valence-corrected chi connectivity index (χ1v) is 8.41. The van der Waals surface area contributed by atoms with Crippen LogP contribution in [-0.2, 0) is 4.79 Å². The quantitative estimate of drug-likeness (QED) is 0.520. The molecule has 2 heterocycles. The molecule has 1 aromatic carbocycles. The summed E-state index contributed by atoms with van der Waals surface area (Å²) in [5, 5.41) is 0.405. The highest BCUT2D eigenvalue weighted by molar-refractivity contribution is 9.10. The molecule has 1 aliphatic rings. The number of H-pyrrole nitrogens is 1. The third-order valence-electron chi connectivity index (χ3n) is 3.24. The zero-order valence-electron chi connectivity index (χ0n) is 12.8. The molecule has 0 aliphatic carbocycles. The maximum absolute atomic E-state index is 11.8. The molecule has 9 heteroatoms. The molecular weight excluding hydrogens is 414 g/mol. The van der Waals surface area contributed by atoms with Gasteiger partial charge in [0.15, 0.2) is 11.5 Å². The van der Waals surface area contributed by atoms with Crippen molar-refractivity contribution in [2.24, 2.45) is 0 Å². The summed E-state index contributed by atoms with van der Waals surface area (Å²) >= 11 is 9.35. The van der Waals surface area contributed by atoms with Crippen molar-refractivity contribution in [3.63, 3.8) is 0 Å². The predicted octanol–water partition coefficient (Wildman–Crippen LogP) is 2.68. The zero-order valence-corrected chi connectivity index (χ0v) is 15.1. The Bertz CT molecular complexity index is 850. The molecule has 0 fully saturated rings.